The number of anilines is 3. The number of carbonyl (C=O) groups is 6. The highest BCUT2D eigenvalue weighted by molar-refractivity contribution is 6.68. The Kier molecular flexibility index (Phi) is 14.8. The van der Waals surface area contributed by atoms with E-state index >= 15 is 0 Å². The smallest absolute Gasteiger partial charge is 0.324 e. The van der Waals surface area contributed by atoms with Gasteiger partial charge in [0, 0.05) is 88.1 Å². The molecule has 0 aromatic heterocycles. The lowest BCUT2D eigenvalue weighted by Gasteiger charge is -2.36. The second-order valence-electron chi connectivity index (χ2n) is 18.1. The number of hydrogen-bond donors (Lipinski definition) is 3. The molecular formula is C49H60N12O6. The molecule has 352 valence electrons. The second kappa shape index (κ2) is 21.2. The number of hydrogen-bond acceptors (Lipinski definition) is 12. The van der Waals surface area contributed by atoms with Crippen LogP contribution >= 0.6 is 0 Å². The van der Waals surface area contributed by atoms with Crippen LogP contribution in [-0.4, -0.2) is 152 Å². The number of aliphatic imine (C=N–C) groups is 1. The van der Waals surface area contributed by atoms with Crippen LogP contribution in [0, 0.1) is 5.92 Å². The van der Waals surface area contributed by atoms with E-state index in [1.807, 2.05) is 64.4 Å². The molecule has 18 heteroatoms. The van der Waals surface area contributed by atoms with Crippen molar-refractivity contribution in [1.82, 2.24) is 24.9 Å². The molecule has 3 aromatic rings. The standard InChI is InChI=1S/C49H60N12O6/c1-33(10-17-43(63)53-32-62)61-47(65)41-16-15-39(27-42(41)48(61)66)58-24-18-34(29-58)28-56-22-19-36(20-23-56)35-11-13-37(14-12-35)54-46(44(45(50)64)55-51-2)52-31-57-21-6-9-40(30-57)60-26-25-59(49(60)67)38-7-4-3-5-8-38/h3-5,7-8,11-16,27,32-34,36,40H,2,6,9-10,17-26,28-31H2,1H3,(H2,50,64)(H,52,54)(H,53,62,63)/b55-44-. The first-order chi connectivity index (χ1) is 32.5. The Labute approximate surface area is 390 Å². The minimum absolute atomic E-state index is 0.0185. The first-order valence-corrected chi connectivity index (χ1v) is 23.3. The number of imide groups is 2. The number of nitrogens with one attached hydrogen (secondary N) is 2. The Morgan fingerprint density at radius 1 is 0.851 bits per heavy atom. The lowest BCUT2D eigenvalue weighted by atomic mass is 9.89. The lowest BCUT2D eigenvalue weighted by Crippen LogP contribution is -2.49. The zero-order valence-electron chi connectivity index (χ0n) is 38.1. The first kappa shape index (κ1) is 46.7. The van der Waals surface area contributed by atoms with Crippen LogP contribution in [0.4, 0.5) is 21.9 Å². The van der Waals surface area contributed by atoms with Crippen molar-refractivity contribution in [3.8, 4) is 0 Å². The maximum Gasteiger partial charge on any atom is 0.324 e. The van der Waals surface area contributed by atoms with Crippen LogP contribution in [0.3, 0.4) is 0 Å². The molecular weight excluding hydrogens is 853 g/mol. The average Bonchev–Trinajstić information content (AvgIpc) is 4.04. The summed E-state index contributed by atoms with van der Waals surface area (Å²) < 4.78 is 0. The van der Waals surface area contributed by atoms with Crippen molar-refractivity contribution in [1.29, 1.82) is 0 Å². The Bertz CT molecular complexity index is 2400. The van der Waals surface area contributed by atoms with Crippen molar-refractivity contribution in [2.24, 2.45) is 26.8 Å². The Hall–Kier alpha value is -6.79. The molecule has 0 bridgehead atoms. The monoisotopic (exact) mass is 912 g/mol. The molecule has 0 spiro atoms. The quantitative estimate of drug-likeness (QED) is 0.0580. The van der Waals surface area contributed by atoms with Crippen molar-refractivity contribution in [3.63, 3.8) is 0 Å². The molecule has 3 aromatic carbocycles. The third kappa shape index (κ3) is 10.8. The number of piperidine rings is 2. The van der Waals surface area contributed by atoms with Crippen molar-refractivity contribution in [3.05, 3.63) is 89.5 Å². The van der Waals surface area contributed by atoms with Gasteiger partial charge in [0.15, 0.2) is 11.5 Å². The molecule has 67 heavy (non-hydrogen) atoms. The first-order valence-electron chi connectivity index (χ1n) is 23.3. The Morgan fingerprint density at radius 2 is 1.61 bits per heavy atom. The molecule has 18 nitrogen and oxygen atoms in total. The highest BCUT2D eigenvalue weighted by Crippen LogP contribution is 2.34. The van der Waals surface area contributed by atoms with E-state index in [1.54, 1.807) is 13.0 Å². The van der Waals surface area contributed by atoms with E-state index in [2.05, 4.69) is 54.4 Å². The van der Waals surface area contributed by atoms with Gasteiger partial charge in [0.2, 0.25) is 12.3 Å². The molecule has 3 atom stereocenters. The summed E-state index contributed by atoms with van der Waals surface area (Å²) in [5, 5.41) is 12.9. The number of amidine groups is 1. The molecule has 3 unspecified atom stereocenters. The van der Waals surface area contributed by atoms with Crippen molar-refractivity contribution in [2.75, 3.05) is 80.7 Å². The highest BCUT2D eigenvalue weighted by Gasteiger charge is 2.40. The lowest BCUT2D eigenvalue weighted by molar-refractivity contribution is -0.125. The minimum Gasteiger partial charge on any atom is -0.371 e. The van der Waals surface area contributed by atoms with Crippen LogP contribution in [-0.2, 0) is 14.4 Å². The molecule has 7 amide bonds. The van der Waals surface area contributed by atoms with E-state index in [0.29, 0.717) is 49.0 Å². The number of carbonyl (C=O) groups excluding carboxylic acids is 6. The van der Waals surface area contributed by atoms with Gasteiger partial charge in [0.05, 0.1) is 17.8 Å². The number of nitrogens with two attached hydrogens (primary N) is 1. The van der Waals surface area contributed by atoms with Crippen molar-refractivity contribution < 1.29 is 28.8 Å². The summed E-state index contributed by atoms with van der Waals surface area (Å²) in [7, 11) is 0. The van der Waals surface area contributed by atoms with Crippen molar-refractivity contribution in [2.45, 2.75) is 69.9 Å². The molecule has 8 rings (SSSR count). The third-order valence-electron chi connectivity index (χ3n) is 13.8. The fourth-order valence-corrected chi connectivity index (χ4v) is 10.2. The summed E-state index contributed by atoms with van der Waals surface area (Å²) in [5.74, 6) is -0.856. The second-order valence-corrected chi connectivity index (χ2v) is 18.1. The number of amides is 7. The number of primary amides is 1. The van der Waals surface area contributed by atoms with E-state index in [-0.39, 0.29) is 54.9 Å². The van der Waals surface area contributed by atoms with Gasteiger partial charge in [-0.3, -0.25) is 49.0 Å². The topological polar surface area (TPSA) is 209 Å². The molecule has 5 aliphatic heterocycles. The van der Waals surface area contributed by atoms with Gasteiger partial charge < -0.3 is 25.8 Å². The molecule has 5 heterocycles. The van der Waals surface area contributed by atoms with Crippen LogP contribution in [0.15, 0.2) is 88.0 Å². The Morgan fingerprint density at radius 3 is 2.34 bits per heavy atom. The molecule has 4 N–H and O–H groups in total. The summed E-state index contributed by atoms with van der Waals surface area (Å²) in [5.41, 5.74) is 10.2. The SMILES string of the molecule is C=N/N=C(C(N)=O)\C(=N/CN1CCCC(N2CCN(c3ccccc3)C2=O)C1)Nc1ccc(C2CCN(CC3CCN(c4ccc5c(c4)C(=O)N(C(C)CCC(=O)NC=O)C5=O)C3)CC2)cc1. The summed E-state index contributed by atoms with van der Waals surface area (Å²) in [6.07, 6.45) is 5.53. The predicted octanol–water partition coefficient (Wildman–Crippen LogP) is 4.15. The van der Waals surface area contributed by atoms with Gasteiger partial charge in [0.25, 0.3) is 17.7 Å². The van der Waals surface area contributed by atoms with E-state index in [1.165, 1.54) is 10.5 Å². The van der Waals surface area contributed by atoms with Gasteiger partial charge in [0.1, 0.15) is 0 Å². The van der Waals surface area contributed by atoms with Gasteiger partial charge in [-0.1, -0.05) is 30.3 Å². The maximum absolute atomic E-state index is 13.4. The number of benzene rings is 3. The summed E-state index contributed by atoms with van der Waals surface area (Å²) in [4.78, 5) is 91.8. The van der Waals surface area contributed by atoms with Crippen LogP contribution < -0.4 is 26.2 Å². The van der Waals surface area contributed by atoms with E-state index in [0.717, 1.165) is 88.4 Å². The Balaban J connectivity index is 0.819. The summed E-state index contributed by atoms with van der Waals surface area (Å²) >= 11 is 0. The minimum atomic E-state index is -0.776. The van der Waals surface area contributed by atoms with Gasteiger partial charge in [-0.25, -0.2) is 4.79 Å². The molecule has 5 aliphatic rings. The average molecular weight is 913 g/mol. The maximum atomic E-state index is 13.4. The summed E-state index contributed by atoms with van der Waals surface area (Å²) in [6.45, 7) is 12.9. The van der Waals surface area contributed by atoms with Gasteiger partial charge >= 0.3 is 6.03 Å². The van der Waals surface area contributed by atoms with Gasteiger partial charge in [-0.15, -0.1) is 5.10 Å². The van der Waals surface area contributed by atoms with Crippen LogP contribution in [0.2, 0.25) is 0 Å². The largest absolute Gasteiger partial charge is 0.371 e. The number of rotatable bonds is 17. The molecule has 0 saturated carbocycles. The highest BCUT2D eigenvalue weighted by atomic mass is 16.2. The van der Waals surface area contributed by atoms with Crippen LogP contribution in [0.1, 0.15) is 84.1 Å². The van der Waals surface area contributed by atoms with E-state index in [4.69, 9.17) is 10.7 Å². The van der Waals surface area contributed by atoms with Crippen molar-refractivity contribution >= 4 is 71.4 Å². The number of likely N-dealkylation sites (tertiary alicyclic amines) is 2. The fraction of sp³-hybridized carbons (Fsp3) is 0.449. The third-order valence-corrected chi connectivity index (χ3v) is 13.8. The molecule has 0 radical (unpaired) electrons. The predicted molar refractivity (Wildman–Crippen MR) is 258 cm³/mol. The fourth-order valence-electron chi connectivity index (χ4n) is 10.2. The van der Waals surface area contributed by atoms with Gasteiger partial charge in [-0.05, 0) is 118 Å². The zero-order chi connectivity index (χ0) is 47.0. The zero-order valence-corrected chi connectivity index (χ0v) is 38.1. The van der Waals surface area contributed by atoms with E-state index in [9.17, 15) is 28.8 Å². The normalized spacial score (nSPS) is 21.5. The number of urea groups is 1. The number of para-hydroxylation sites is 1. The van der Waals surface area contributed by atoms with E-state index < -0.39 is 17.9 Å². The van der Waals surface area contributed by atoms with Crippen LogP contribution in [0.5, 0.6) is 0 Å². The molecule has 0 aliphatic carbocycles. The summed E-state index contributed by atoms with van der Waals surface area (Å²) in [6, 6.07) is 23.0. The number of nitrogens with zero attached hydrogens (tertiary/aromatic N) is 9. The van der Waals surface area contributed by atoms with Gasteiger partial charge in [-0.2, -0.15) is 5.10 Å². The number of fused-ring (bicyclic) bond motifs is 1. The van der Waals surface area contributed by atoms with Crippen LogP contribution in [0.25, 0.3) is 0 Å². The molecule has 4 saturated heterocycles. The molecule has 4 fully saturated rings.